The quantitative estimate of drug-likeness (QED) is 0.849. The molecule has 1 atom stereocenters. The molecule has 0 fully saturated rings. The second-order valence-electron chi connectivity index (χ2n) is 6.80. The van der Waals surface area contributed by atoms with Crippen molar-refractivity contribution in [2.24, 2.45) is 0 Å². The monoisotopic (exact) mass is 377 g/mol. The third kappa shape index (κ3) is 4.11. The molecule has 2 aromatic rings. The van der Waals surface area contributed by atoms with E-state index in [2.05, 4.69) is 10.6 Å². The first-order chi connectivity index (χ1) is 13.4. The molecule has 0 spiro atoms. The summed E-state index contributed by atoms with van der Waals surface area (Å²) >= 11 is 0. The van der Waals surface area contributed by atoms with E-state index in [4.69, 9.17) is 0 Å². The lowest BCUT2D eigenvalue weighted by Gasteiger charge is -2.32. The van der Waals surface area contributed by atoms with Gasteiger partial charge in [-0.25, -0.2) is 0 Å². The van der Waals surface area contributed by atoms with Crippen molar-refractivity contribution in [1.82, 2.24) is 4.90 Å². The number of rotatable bonds is 4. The summed E-state index contributed by atoms with van der Waals surface area (Å²) in [5.41, 5.74) is 4.01. The smallest absolute Gasteiger partial charge is 0.226 e. The van der Waals surface area contributed by atoms with Crippen LogP contribution in [0.1, 0.15) is 43.0 Å². The van der Waals surface area contributed by atoms with Crippen molar-refractivity contribution in [1.29, 1.82) is 0 Å². The fourth-order valence-corrected chi connectivity index (χ4v) is 3.39. The van der Waals surface area contributed by atoms with Gasteiger partial charge in [0, 0.05) is 31.4 Å². The van der Waals surface area contributed by atoms with E-state index in [0.717, 1.165) is 16.7 Å². The summed E-state index contributed by atoms with van der Waals surface area (Å²) in [6.07, 6.45) is 3.74. The van der Waals surface area contributed by atoms with Gasteiger partial charge in [0.1, 0.15) is 0 Å². The van der Waals surface area contributed by atoms with Gasteiger partial charge >= 0.3 is 0 Å². The predicted molar refractivity (Wildman–Crippen MR) is 109 cm³/mol. The normalized spacial score (nSPS) is 15.0. The Labute approximate surface area is 164 Å². The van der Waals surface area contributed by atoms with Crippen LogP contribution in [0, 0.1) is 6.92 Å². The molecule has 2 aromatic carbocycles. The molecular weight excluding hydrogens is 354 g/mol. The van der Waals surface area contributed by atoms with E-state index in [-0.39, 0.29) is 30.2 Å². The van der Waals surface area contributed by atoms with E-state index < -0.39 is 0 Å². The Kier molecular flexibility index (Phi) is 5.59. The van der Waals surface area contributed by atoms with E-state index in [1.54, 1.807) is 29.3 Å². The molecule has 1 aliphatic heterocycles. The molecule has 0 unspecified atom stereocenters. The van der Waals surface area contributed by atoms with E-state index >= 15 is 0 Å². The zero-order valence-corrected chi connectivity index (χ0v) is 16.2. The summed E-state index contributed by atoms with van der Waals surface area (Å²) in [4.78, 5) is 37.8. The lowest BCUT2D eigenvalue weighted by Crippen LogP contribution is -2.33. The molecule has 0 radical (unpaired) electrons. The van der Waals surface area contributed by atoms with Crippen molar-refractivity contribution in [2.75, 3.05) is 10.6 Å². The van der Waals surface area contributed by atoms with Gasteiger partial charge in [-0.05, 0) is 41.8 Å². The van der Waals surface area contributed by atoms with Gasteiger partial charge in [-0.2, -0.15) is 0 Å². The van der Waals surface area contributed by atoms with Crippen LogP contribution in [0.15, 0.2) is 48.7 Å². The van der Waals surface area contributed by atoms with E-state index in [1.807, 2.05) is 37.3 Å². The molecule has 0 bridgehead atoms. The molecule has 6 heteroatoms. The summed E-state index contributed by atoms with van der Waals surface area (Å²) in [5, 5.41) is 5.66. The first-order valence-electron chi connectivity index (χ1n) is 9.10. The Morgan fingerprint density at radius 1 is 0.964 bits per heavy atom. The number of hydrogen-bond acceptors (Lipinski definition) is 3. The standard InChI is InChI=1S/C22H23N3O3/c1-14-19(23-15(2)26)9-6-10-20(14)24-22(28)13-21-18-8-5-4-7-17(18)11-12-25(21)16(3)27/h4-12,21H,13H2,1-3H3,(H,23,26)(H,24,28)/t21-/m0/s1. The predicted octanol–water partition coefficient (Wildman–Crippen LogP) is 3.86. The highest BCUT2D eigenvalue weighted by Gasteiger charge is 2.28. The van der Waals surface area contributed by atoms with Crippen molar-refractivity contribution < 1.29 is 14.4 Å². The van der Waals surface area contributed by atoms with E-state index in [9.17, 15) is 14.4 Å². The van der Waals surface area contributed by atoms with Crippen LogP contribution in [0.25, 0.3) is 6.08 Å². The van der Waals surface area contributed by atoms with Gasteiger partial charge in [0.25, 0.3) is 0 Å². The molecule has 0 aromatic heterocycles. The second-order valence-corrected chi connectivity index (χ2v) is 6.80. The zero-order chi connectivity index (χ0) is 20.3. The van der Waals surface area contributed by atoms with Gasteiger partial charge in [0.05, 0.1) is 12.5 Å². The fraction of sp³-hybridized carbons (Fsp3) is 0.227. The molecule has 1 heterocycles. The highest BCUT2D eigenvalue weighted by atomic mass is 16.2. The number of amides is 3. The molecule has 144 valence electrons. The Morgan fingerprint density at radius 3 is 2.32 bits per heavy atom. The Morgan fingerprint density at radius 2 is 1.64 bits per heavy atom. The molecule has 6 nitrogen and oxygen atoms in total. The van der Waals surface area contributed by atoms with Crippen LogP contribution in [0.5, 0.6) is 0 Å². The van der Waals surface area contributed by atoms with Crippen LogP contribution in [-0.4, -0.2) is 22.6 Å². The number of benzene rings is 2. The van der Waals surface area contributed by atoms with Crippen molar-refractivity contribution in [3.05, 3.63) is 65.4 Å². The molecule has 3 amide bonds. The molecule has 0 saturated carbocycles. The first kappa shape index (κ1) is 19.4. The Bertz CT molecular complexity index is 965. The highest BCUT2D eigenvalue weighted by Crippen LogP contribution is 2.33. The van der Waals surface area contributed by atoms with Crippen LogP contribution in [-0.2, 0) is 14.4 Å². The lowest BCUT2D eigenvalue weighted by molar-refractivity contribution is -0.129. The maximum Gasteiger partial charge on any atom is 0.226 e. The molecule has 0 aliphatic carbocycles. The van der Waals surface area contributed by atoms with Gasteiger partial charge in [-0.15, -0.1) is 0 Å². The molecule has 0 saturated heterocycles. The van der Waals surface area contributed by atoms with Gasteiger partial charge in [-0.1, -0.05) is 30.3 Å². The number of carbonyl (C=O) groups excluding carboxylic acids is 3. The van der Waals surface area contributed by atoms with E-state index in [0.29, 0.717) is 11.4 Å². The summed E-state index contributed by atoms with van der Waals surface area (Å²) < 4.78 is 0. The van der Waals surface area contributed by atoms with Gasteiger partial charge < -0.3 is 15.5 Å². The maximum absolute atomic E-state index is 12.8. The largest absolute Gasteiger partial charge is 0.326 e. The Balaban J connectivity index is 1.81. The second kappa shape index (κ2) is 8.08. The van der Waals surface area contributed by atoms with Gasteiger partial charge in [-0.3, -0.25) is 14.4 Å². The summed E-state index contributed by atoms with van der Waals surface area (Å²) in [7, 11) is 0. The van der Waals surface area contributed by atoms with Crippen LogP contribution < -0.4 is 10.6 Å². The topological polar surface area (TPSA) is 78.5 Å². The van der Waals surface area contributed by atoms with E-state index in [1.165, 1.54) is 13.8 Å². The summed E-state index contributed by atoms with van der Waals surface area (Å²) in [6.45, 7) is 4.76. The van der Waals surface area contributed by atoms with Gasteiger partial charge in [0.2, 0.25) is 17.7 Å². The number of hydrogen-bond donors (Lipinski definition) is 2. The maximum atomic E-state index is 12.8. The minimum Gasteiger partial charge on any atom is -0.326 e. The number of nitrogens with one attached hydrogen (secondary N) is 2. The molecule has 3 rings (SSSR count). The fourth-order valence-electron chi connectivity index (χ4n) is 3.39. The van der Waals surface area contributed by atoms with Crippen molar-refractivity contribution in [2.45, 2.75) is 33.2 Å². The third-order valence-corrected chi connectivity index (χ3v) is 4.77. The molecule has 1 aliphatic rings. The van der Waals surface area contributed by atoms with Gasteiger partial charge in [0.15, 0.2) is 0 Å². The minimum absolute atomic E-state index is 0.118. The van der Waals surface area contributed by atoms with Crippen molar-refractivity contribution >= 4 is 35.2 Å². The van der Waals surface area contributed by atoms with Crippen LogP contribution in [0.3, 0.4) is 0 Å². The van der Waals surface area contributed by atoms with Crippen LogP contribution >= 0.6 is 0 Å². The molecule has 28 heavy (non-hydrogen) atoms. The number of fused-ring (bicyclic) bond motifs is 1. The lowest BCUT2D eigenvalue weighted by atomic mass is 9.93. The van der Waals surface area contributed by atoms with Crippen LogP contribution in [0.4, 0.5) is 11.4 Å². The van der Waals surface area contributed by atoms with Crippen molar-refractivity contribution in [3.8, 4) is 0 Å². The molecule has 2 N–H and O–H groups in total. The van der Waals surface area contributed by atoms with Crippen molar-refractivity contribution in [3.63, 3.8) is 0 Å². The number of anilines is 2. The summed E-state index contributed by atoms with van der Waals surface area (Å²) in [5.74, 6) is -0.494. The third-order valence-electron chi connectivity index (χ3n) is 4.77. The average molecular weight is 377 g/mol. The molecular formula is C22H23N3O3. The number of carbonyl (C=O) groups is 3. The van der Waals surface area contributed by atoms with Crippen LogP contribution in [0.2, 0.25) is 0 Å². The minimum atomic E-state index is -0.363. The highest BCUT2D eigenvalue weighted by molar-refractivity contribution is 5.95. The zero-order valence-electron chi connectivity index (χ0n) is 16.2. The first-order valence-corrected chi connectivity index (χ1v) is 9.10. The SMILES string of the molecule is CC(=O)Nc1cccc(NC(=O)C[C@H]2c3ccccc3C=CN2C(C)=O)c1C. The summed E-state index contributed by atoms with van der Waals surface area (Å²) in [6, 6.07) is 12.7. The average Bonchev–Trinajstić information content (AvgIpc) is 2.64. The Hall–Kier alpha value is -3.41. The number of nitrogens with zero attached hydrogens (tertiary/aromatic N) is 1.